The molecule has 0 unspecified atom stereocenters. The molecule has 0 amide bonds. The first-order valence-corrected chi connectivity index (χ1v) is 1.32. The zero-order valence-electron chi connectivity index (χ0n) is 4.13. The first-order chi connectivity index (χ1) is 2.27. The van der Waals surface area contributed by atoms with Gasteiger partial charge >= 0.3 is 5.97 Å². The summed E-state index contributed by atoms with van der Waals surface area (Å²) in [5.74, 6) is -0.245. The lowest BCUT2D eigenvalue weighted by atomic mass is 10.8. The number of hydrogen-bond donors (Lipinski definition) is 0. The van der Waals surface area contributed by atoms with E-state index in [1.165, 1.54) is 14.0 Å². The van der Waals surface area contributed by atoms with Gasteiger partial charge in [-0.1, -0.05) is 0 Å². The molecular formula is C3H8Cl2O2. The van der Waals surface area contributed by atoms with Gasteiger partial charge < -0.3 is 4.74 Å². The lowest BCUT2D eigenvalue weighted by Gasteiger charge is -1.80. The Morgan fingerprint density at radius 2 is 1.57 bits per heavy atom. The molecule has 0 radical (unpaired) electrons. The molecular weight excluding hydrogens is 139 g/mol. The zero-order valence-corrected chi connectivity index (χ0v) is 5.77. The van der Waals surface area contributed by atoms with E-state index in [0.29, 0.717) is 0 Å². The molecule has 0 aliphatic heterocycles. The van der Waals surface area contributed by atoms with E-state index in [-0.39, 0.29) is 30.8 Å². The zero-order chi connectivity index (χ0) is 4.28. The quantitative estimate of drug-likeness (QED) is 0.478. The highest BCUT2D eigenvalue weighted by atomic mass is 35.5. The Balaban J connectivity index is -0.0000000800. The Labute approximate surface area is 55.1 Å². The Kier molecular flexibility index (Phi) is 21.1. The molecule has 0 rings (SSSR count). The van der Waals surface area contributed by atoms with E-state index in [2.05, 4.69) is 4.74 Å². The van der Waals surface area contributed by atoms with Crippen molar-refractivity contribution >= 4 is 30.8 Å². The van der Waals surface area contributed by atoms with Crippen molar-refractivity contribution in [2.75, 3.05) is 7.11 Å². The third-order valence-corrected chi connectivity index (χ3v) is 0.287. The molecule has 4 heteroatoms. The average Bonchev–Trinajstić information content (AvgIpc) is 1.38. The molecule has 46 valence electrons. The topological polar surface area (TPSA) is 26.3 Å². The van der Waals surface area contributed by atoms with Crippen LogP contribution in [0.15, 0.2) is 0 Å². The summed E-state index contributed by atoms with van der Waals surface area (Å²) < 4.78 is 4.11. The Morgan fingerprint density at radius 1 is 1.43 bits per heavy atom. The highest BCUT2D eigenvalue weighted by molar-refractivity contribution is 5.85. The summed E-state index contributed by atoms with van der Waals surface area (Å²) >= 11 is 0. The van der Waals surface area contributed by atoms with Crippen molar-refractivity contribution in [1.29, 1.82) is 0 Å². The fourth-order valence-corrected chi connectivity index (χ4v) is 0. The maximum atomic E-state index is 9.59. The summed E-state index contributed by atoms with van der Waals surface area (Å²) in [5, 5.41) is 0. The van der Waals surface area contributed by atoms with Gasteiger partial charge in [-0.2, -0.15) is 0 Å². The minimum Gasteiger partial charge on any atom is -0.469 e. The molecule has 0 saturated carbocycles. The van der Waals surface area contributed by atoms with Gasteiger partial charge in [-0.05, 0) is 0 Å². The summed E-state index contributed by atoms with van der Waals surface area (Å²) in [6.45, 7) is 1.36. The van der Waals surface area contributed by atoms with E-state index in [9.17, 15) is 4.79 Å². The van der Waals surface area contributed by atoms with Crippen LogP contribution in [0.3, 0.4) is 0 Å². The molecule has 0 saturated heterocycles. The van der Waals surface area contributed by atoms with Crippen molar-refractivity contribution in [1.82, 2.24) is 0 Å². The maximum Gasteiger partial charge on any atom is 0.302 e. The Bertz CT molecular complexity index is 46.2. The van der Waals surface area contributed by atoms with Crippen molar-refractivity contribution in [2.24, 2.45) is 0 Å². The second-order valence-electron chi connectivity index (χ2n) is 0.696. The van der Waals surface area contributed by atoms with Gasteiger partial charge in [-0.3, -0.25) is 4.79 Å². The largest absolute Gasteiger partial charge is 0.469 e. The third-order valence-electron chi connectivity index (χ3n) is 0.287. The van der Waals surface area contributed by atoms with Crippen LogP contribution >= 0.6 is 24.8 Å². The number of methoxy groups -OCH3 is 1. The van der Waals surface area contributed by atoms with Gasteiger partial charge in [-0.25, -0.2) is 0 Å². The molecule has 0 heterocycles. The van der Waals surface area contributed by atoms with Crippen LogP contribution in [-0.4, -0.2) is 13.1 Å². The molecule has 0 spiro atoms. The van der Waals surface area contributed by atoms with Gasteiger partial charge in [0.15, 0.2) is 0 Å². The highest BCUT2D eigenvalue weighted by Crippen LogP contribution is 1.60. The third kappa shape index (κ3) is 23.6. The summed E-state index contributed by atoms with van der Waals surface area (Å²) in [6.07, 6.45) is 0. The van der Waals surface area contributed by atoms with Crippen molar-refractivity contribution < 1.29 is 9.53 Å². The van der Waals surface area contributed by atoms with Crippen LogP contribution in [0, 0.1) is 0 Å². The number of esters is 1. The van der Waals surface area contributed by atoms with Crippen molar-refractivity contribution in [2.45, 2.75) is 6.92 Å². The first-order valence-electron chi connectivity index (χ1n) is 1.32. The summed E-state index contributed by atoms with van der Waals surface area (Å²) in [5.41, 5.74) is 0. The summed E-state index contributed by atoms with van der Waals surface area (Å²) in [4.78, 5) is 9.59. The van der Waals surface area contributed by atoms with Gasteiger partial charge in [0.05, 0.1) is 7.11 Å². The molecule has 0 aromatic heterocycles. The number of rotatable bonds is 0. The van der Waals surface area contributed by atoms with Crippen LogP contribution in [0.25, 0.3) is 0 Å². The van der Waals surface area contributed by atoms with E-state index in [1.54, 1.807) is 0 Å². The van der Waals surface area contributed by atoms with Crippen LogP contribution in [0.2, 0.25) is 0 Å². The van der Waals surface area contributed by atoms with E-state index < -0.39 is 0 Å². The number of carbonyl (C=O) groups is 1. The maximum absolute atomic E-state index is 9.59. The normalized spacial score (nSPS) is 4.86. The second kappa shape index (κ2) is 9.41. The van der Waals surface area contributed by atoms with E-state index in [4.69, 9.17) is 0 Å². The SMILES string of the molecule is COC(C)=O.Cl.Cl. The molecule has 2 nitrogen and oxygen atoms in total. The van der Waals surface area contributed by atoms with Crippen LogP contribution in [-0.2, 0) is 9.53 Å². The molecule has 0 bridgehead atoms. The number of halogens is 2. The van der Waals surface area contributed by atoms with Crippen LogP contribution in [0.5, 0.6) is 0 Å². The van der Waals surface area contributed by atoms with Gasteiger partial charge in [0.2, 0.25) is 0 Å². The molecule has 0 fully saturated rings. The smallest absolute Gasteiger partial charge is 0.302 e. The summed E-state index contributed by atoms with van der Waals surface area (Å²) in [7, 11) is 1.35. The molecule has 0 atom stereocenters. The van der Waals surface area contributed by atoms with Crippen LogP contribution in [0.4, 0.5) is 0 Å². The standard InChI is InChI=1S/C3H6O2.2ClH/c1-3(4)5-2;;/h1-2H3;2*1H. The Hall–Kier alpha value is 0.0500. The monoisotopic (exact) mass is 146 g/mol. The molecule has 0 N–H and O–H groups in total. The van der Waals surface area contributed by atoms with Crippen molar-refractivity contribution in [3.8, 4) is 0 Å². The minimum atomic E-state index is -0.245. The molecule has 0 aliphatic rings. The average molecular weight is 147 g/mol. The van der Waals surface area contributed by atoms with Gasteiger partial charge in [-0.15, -0.1) is 24.8 Å². The predicted octanol–water partition coefficient (Wildman–Crippen LogP) is 1.02. The molecule has 0 aliphatic carbocycles. The molecule has 0 aromatic carbocycles. The fourth-order valence-electron chi connectivity index (χ4n) is 0. The number of carbonyl (C=O) groups excluding carboxylic acids is 1. The van der Waals surface area contributed by atoms with Gasteiger partial charge in [0.25, 0.3) is 0 Å². The lowest BCUT2D eigenvalue weighted by Crippen LogP contribution is -1.88. The number of hydrogen-bond acceptors (Lipinski definition) is 2. The Morgan fingerprint density at radius 3 is 1.57 bits per heavy atom. The first kappa shape index (κ1) is 15.7. The highest BCUT2D eigenvalue weighted by Gasteiger charge is 1.75. The van der Waals surface area contributed by atoms with E-state index in [0.717, 1.165) is 0 Å². The van der Waals surface area contributed by atoms with Crippen molar-refractivity contribution in [3.63, 3.8) is 0 Å². The van der Waals surface area contributed by atoms with E-state index >= 15 is 0 Å². The predicted molar refractivity (Wildman–Crippen MR) is 32.2 cm³/mol. The molecule has 7 heavy (non-hydrogen) atoms. The molecule has 0 aromatic rings. The van der Waals surface area contributed by atoms with Gasteiger partial charge in [0.1, 0.15) is 0 Å². The fraction of sp³-hybridized carbons (Fsp3) is 0.667. The minimum absolute atomic E-state index is 0. The van der Waals surface area contributed by atoms with Crippen LogP contribution in [0.1, 0.15) is 6.92 Å². The van der Waals surface area contributed by atoms with Gasteiger partial charge in [0, 0.05) is 6.92 Å². The lowest BCUT2D eigenvalue weighted by molar-refractivity contribution is -0.137. The van der Waals surface area contributed by atoms with Crippen LogP contribution < -0.4 is 0 Å². The van der Waals surface area contributed by atoms with Crippen molar-refractivity contribution in [3.05, 3.63) is 0 Å². The second-order valence-corrected chi connectivity index (χ2v) is 0.696. The number of ether oxygens (including phenoxy) is 1. The summed E-state index contributed by atoms with van der Waals surface area (Å²) in [6, 6.07) is 0. The van der Waals surface area contributed by atoms with E-state index in [1.807, 2.05) is 0 Å².